The number of pyridine rings is 1. The van der Waals surface area contributed by atoms with Gasteiger partial charge in [0.1, 0.15) is 11.6 Å². The molecule has 0 aliphatic rings. The highest BCUT2D eigenvalue weighted by Gasteiger charge is 2.11. The molecule has 1 heterocycles. The van der Waals surface area contributed by atoms with Gasteiger partial charge in [-0.15, -0.1) is 0 Å². The van der Waals surface area contributed by atoms with Gasteiger partial charge in [0.05, 0.1) is 5.56 Å². The van der Waals surface area contributed by atoms with Crippen molar-refractivity contribution in [3.8, 4) is 0 Å². The Labute approximate surface area is 130 Å². The Morgan fingerprint density at radius 3 is 2.90 bits per heavy atom. The number of benzene rings is 1. The van der Waals surface area contributed by atoms with Gasteiger partial charge in [0, 0.05) is 17.2 Å². The van der Waals surface area contributed by atoms with Crippen LogP contribution in [0.15, 0.2) is 34.9 Å². The van der Waals surface area contributed by atoms with Crippen LogP contribution in [0.2, 0.25) is 0 Å². The van der Waals surface area contributed by atoms with E-state index in [2.05, 4.69) is 26.2 Å². The average molecular weight is 352 g/mol. The van der Waals surface area contributed by atoms with Gasteiger partial charge in [0.2, 0.25) is 0 Å². The second kappa shape index (κ2) is 6.67. The third-order valence-corrected chi connectivity index (χ3v) is 3.55. The maximum Gasteiger partial charge on any atom is 0.255 e. The normalized spacial score (nSPS) is 10.4. The van der Waals surface area contributed by atoms with E-state index >= 15 is 0 Å². The molecule has 1 aromatic carbocycles. The summed E-state index contributed by atoms with van der Waals surface area (Å²) >= 11 is 3.25. The van der Waals surface area contributed by atoms with E-state index in [9.17, 15) is 9.18 Å². The first-order valence-electron chi connectivity index (χ1n) is 6.41. The highest BCUT2D eigenvalue weighted by molar-refractivity contribution is 9.10. The first kappa shape index (κ1) is 15.4. The van der Waals surface area contributed by atoms with Crippen LogP contribution in [0.25, 0.3) is 0 Å². The molecule has 4 nitrogen and oxygen atoms in total. The van der Waals surface area contributed by atoms with Crippen molar-refractivity contribution in [3.63, 3.8) is 0 Å². The molecule has 3 N–H and O–H groups in total. The van der Waals surface area contributed by atoms with Crippen LogP contribution >= 0.6 is 15.9 Å². The van der Waals surface area contributed by atoms with Gasteiger partial charge < -0.3 is 11.1 Å². The van der Waals surface area contributed by atoms with Gasteiger partial charge in [-0.25, -0.2) is 9.37 Å². The van der Waals surface area contributed by atoms with Gasteiger partial charge in [0.15, 0.2) is 0 Å². The second-order valence-electron chi connectivity index (χ2n) is 4.66. The molecule has 21 heavy (non-hydrogen) atoms. The van der Waals surface area contributed by atoms with Crippen LogP contribution in [-0.2, 0) is 6.42 Å². The molecule has 2 rings (SSSR count). The number of anilines is 1. The number of nitrogens with zero attached hydrogens (tertiary/aromatic N) is 1. The Morgan fingerprint density at radius 1 is 1.43 bits per heavy atom. The van der Waals surface area contributed by atoms with Gasteiger partial charge >= 0.3 is 0 Å². The Morgan fingerprint density at radius 2 is 2.19 bits per heavy atom. The van der Waals surface area contributed by atoms with Gasteiger partial charge in [-0.1, -0.05) is 6.07 Å². The van der Waals surface area contributed by atoms with E-state index in [-0.39, 0.29) is 17.5 Å². The van der Waals surface area contributed by atoms with E-state index in [0.717, 1.165) is 11.1 Å². The summed E-state index contributed by atoms with van der Waals surface area (Å²) in [5.74, 6) is -0.344. The van der Waals surface area contributed by atoms with E-state index < -0.39 is 0 Å². The van der Waals surface area contributed by atoms with E-state index in [1.54, 1.807) is 12.1 Å². The van der Waals surface area contributed by atoms with Crippen LogP contribution in [0.4, 0.5) is 10.2 Å². The smallest absolute Gasteiger partial charge is 0.255 e. The molecule has 0 radical (unpaired) electrons. The first-order chi connectivity index (χ1) is 9.97. The Bertz CT molecular complexity index is 676. The highest BCUT2D eigenvalue weighted by Crippen LogP contribution is 2.15. The molecule has 2 aromatic rings. The number of rotatable bonds is 4. The van der Waals surface area contributed by atoms with E-state index in [1.165, 1.54) is 18.3 Å². The molecule has 0 spiro atoms. The van der Waals surface area contributed by atoms with Crippen molar-refractivity contribution in [2.45, 2.75) is 13.3 Å². The van der Waals surface area contributed by atoms with Crippen LogP contribution < -0.4 is 11.1 Å². The zero-order chi connectivity index (χ0) is 15.4. The van der Waals surface area contributed by atoms with Crippen LogP contribution in [-0.4, -0.2) is 17.4 Å². The number of aromatic nitrogens is 1. The summed E-state index contributed by atoms with van der Waals surface area (Å²) < 4.78 is 13.7. The summed E-state index contributed by atoms with van der Waals surface area (Å²) in [5, 5.41) is 2.78. The Balaban J connectivity index is 1.97. The SMILES string of the molecule is Cc1cc(F)ccc1CCNC(=O)c1cc(Br)cnc1N. The molecule has 1 aromatic heterocycles. The lowest BCUT2D eigenvalue weighted by Gasteiger charge is -2.09. The van der Waals surface area contributed by atoms with Crippen LogP contribution in [0.5, 0.6) is 0 Å². The van der Waals surface area contributed by atoms with Crippen LogP contribution in [0.3, 0.4) is 0 Å². The number of carbonyl (C=O) groups is 1. The fourth-order valence-electron chi connectivity index (χ4n) is 1.98. The lowest BCUT2D eigenvalue weighted by Crippen LogP contribution is -2.27. The monoisotopic (exact) mass is 351 g/mol. The summed E-state index contributed by atoms with van der Waals surface area (Å²) in [6.07, 6.45) is 2.16. The fraction of sp³-hybridized carbons (Fsp3) is 0.200. The summed E-state index contributed by atoms with van der Waals surface area (Å²) in [4.78, 5) is 16.0. The zero-order valence-corrected chi connectivity index (χ0v) is 13.1. The summed E-state index contributed by atoms with van der Waals surface area (Å²) in [5.41, 5.74) is 7.88. The molecule has 0 unspecified atom stereocenters. The molecule has 1 amide bonds. The van der Waals surface area contributed by atoms with Crippen molar-refractivity contribution < 1.29 is 9.18 Å². The Hall–Kier alpha value is -1.95. The molecule has 0 fully saturated rings. The van der Waals surface area contributed by atoms with Gasteiger partial charge in [0.25, 0.3) is 5.91 Å². The molecule has 0 aliphatic carbocycles. The number of nitrogens with one attached hydrogen (secondary N) is 1. The minimum absolute atomic E-state index is 0.189. The topological polar surface area (TPSA) is 68.0 Å². The molecule has 0 atom stereocenters. The Kier molecular flexibility index (Phi) is 4.90. The largest absolute Gasteiger partial charge is 0.383 e. The average Bonchev–Trinajstić information content (AvgIpc) is 2.43. The molecule has 6 heteroatoms. The molecule has 0 saturated heterocycles. The molecule has 0 bridgehead atoms. The number of hydrogen-bond acceptors (Lipinski definition) is 3. The number of amides is 1. The van der Waals surface area contributed by atoms with Crippen molar-refractivity contribution in [2.75, 3.05) is 12.3 Å². The highest BCUT2D eigenvalue weighted by atomic mass is 79.9. The number of aryl methyl sites for hydroxylation is 1. The lowest BCUT2D eigenvalue weighted by molar-refractivity contribution is 0.0954. The van der Waals surface area contributed by atoms with Crippen molar-refractivity contribution in [2.24, 2.45) is 0 Å². The minimum atomic E-state index is -0.277. The summed E-state index contributed by atoms with van der Waals surface area (Å²) in [7, 11) is 0. The van der Waals surface area contributed by atoms with E-state index in [0.29, 0.717) is 23.0 Å². The number of carbonyl (C=O) groups excluding carboxylic acids is 1. The van der Waals surface area contributed by atoms with Crippen molar-refractivity contribution in [1.82, 2.24) is 10.3 Å². The lowest BCUT2D eigenvalue weighted by atomic mass is 10.1. The van der Waals surface area contributed by atoms with Crippen LogP contribution in [0.1, 0.15) is 21.5 Å². The molecular formula is C15H15BrFN3O. The predicted molar refractivity (Wildman–Crippen MR) is 83.5 cm³/mol. The number of halogens is 2. The fourth-order valence-corrected chi connectivity index (χ4v) is 2.31. The molecule has 0 saturated carbocycles. The zero-order valence-electron chi connectivity index (χ0n) is 11.5. The van der Waals surface area contributed by atoms with E-state index in [1.807, 2.05) is 6.92 Å². The van der Waals surface area contributed by atoms with E-state index in [4.69, 9.17) is 5.73 Å². The maximum atomic E-state index is 13.0. The quantitative estimate of drug-likeness (QED) is 0.889. The van der Waals surface area contributed by atoms with Gasteiger partial charge in [-0.2, -0.15) is 0 Å². The second-order valence-corrected chi connectivity index (χ2v) is 5.58. The maximum absolute atomic E-state index is 13.0. The molecular weight excluding hydrogens is 337 g/mol. The summed E-state index contributed by atoms with van der Waals surface area (Å²) in [6.45, 7) is 2.29. The van der Waals surface area contributed by atoms with Crippen molar-refractivity contribution in [1.29, 1.82) is 0 Å². The standard InChI is InChI=1S/C15H15BrFN3O/c1-9-6-12(17)3-2-10(9)4-5-19-15(21)13-7-11(16)8-20-14(13)18/h2-3,6-8H,4-5H2,1H3,(H2,18,20)(H,19,21). The van der Waals surface area contributed by atoms with Gasteiger partial charge in [-0.05, 0) is 58.6 Å². The molecule has 110 valence electrons. The van der Waals surface area contributed by atoms with Crippen molar-refractivity contribution >= 4 is 27.7 Å². The third-order valence-electron chi connectivity index (χ3n) is 3.11. The number of hydrogen-bond donors (Lipinski definition) is 2. The van der Waals surface area contributed by atoms with Crippen LogP contribution in [0, 0.1) is 12.7 Å². The van der Waals surface area contributed by atoms with Crippen molar-refractivity contribution in [3.05, 3.63) is 57.4 Å². The summed E-state index contributed by atoms with van der Waals surface area (Å²) in [6, 6.07) is 6.25. The first-order valence-corrected chi connectivity index (χ1v) is 7.21. The van der Waals surface area contributed by atoms with Gasteiger partial charge in [-0.3, -0.25) is 4.79 Å². The predicted octanol–water partition coefficient (Wildman–Crippen LogP) is 2.85. The number of nitrogen functional groups attached to an aromatic ring is 1. The number of nitrogens with two attached hydrogens (primary N) is 1. The third kappa shape index (κ3) is 4.01. The minimum Gasteiger partial charge on any atom is -0.383 e. The molecule has 0 aliphatic heterocycles.